The van der Waals surface area contributed by atoms with Crippen molar-refractivity contribution in [1.29, 1.82) is 0 Å². The second-order valence-electron chi connectivity index (χ2n) is 4.90. The lowest BCUT2D eigenvalue weighted by atomic mass is 10.1. The fourth-order valence-electron chi connectivity index (χ4n) is 2.11. The van der Waals surface area contributed by atoms with Gasteiger partial charge in [0.1, 0.15) is 13.1 Å². The van der Waals surface area contributed by atoms with Crippen LogP contribution in [-0.4, -0.2) is 33.3 Å². The van der Waals surface area contributed by atoms with Gasteiger partial charge in [0.15, 0.2) is 0 Å². The van der Waals surface area contributed by atoms with Crippen molar-refractivity contribution in [3.05, 3.63) is 52.3 Å². The largest absolute Gasteiger partial charge is 0.480 e. The van der Waals surface area contributed by atoms with Gasteiger partial charge in [-0.15, -0.1) is 0 Å². The maximum absolute atomic E-state index is 12.1. The number of amides is 1. The third-order valence-electron chi connectivity index (χ3n) is 3.24. The second-order valence-corrected chi connectivity index (χ2v) is 4.90. The summed E-state index contributed by atoms with van der Waals surface area (Å²) in [7, 11) is 0. The first kappa shape index (κ1) is 16.4. The molecule has 0 spiro atoms. The van der Waals surface area contributed by atoms with Crippen molar-refractivity contribution in [2.75, 3.05) is 6.54 Å². The van der Waals surface area contributed by atoms with E-state index < -0.39 is 24.0 Å². The molecule has 23 heavy (non-hydrogen) atoms. The van der Waals surface area contributed by atoms with Crippen LogP contribution in [-0.2, 0) is 22.6 Å². The number of carboxylic acids is 1. The average Bonchev–Trinajstić information content (AvgIpc) is 2.55. The molecular formula is C16H17N3O4. The van der Waals surface area contributed by atoms with Gasteiger partial charge in [-0.3, -0.25) is 14.4 Å². The van der Waals surface area contributed by atoms with Gasteiger partial charge in [0.2, 0.25) is 5.91 Å². The predicted molar refractivity (Wildman–Crippen MR) is 84.0 cm³/mol. The Morgan fingerprint density at radius 3 is 2.57 bits per heavy atom. The number of hydrogen-bond donors (Lipinski definition) is 2. The summed E-state index contributed by atoms with van der Waals surface area (Å²) < 4.78 is 1.04. The zero-order valence-electron chi connectivity index (χ0n) is 12.7. The Hall–Kier alpha value is -2.96. The molecule has 2 aromatic rings. The van der Waals surface area contributed by atoms with Gasteiger partial charge in [0.05, 0.1) is 5.69 Å². The molecule has 7 nitrogen and oxygen atoms in total. The highest BCUT2D eigenvalue weighted by molar-refractivity contribution is 5.80. The molecule has 0 aliphatic rings. The molecule has 1 heterocycles. The number of hydrogen-bond acceptors (Lipinski definition) is 4. The number of carbonyl (C=O) groups excluding carboxylic acids is 1. The van der Waals surface area contributed by atoms with Gasteiger partial charge >= 0.3 is 5.97 Å². The van der Waals surface area contributed by atoms with Crippen LogP contribution in [0, 0.1) is 0 Å². The number of nitrogens with one attached hydrogen (secondary N) is 1. The molecule has 0 fully saturated rings. The van der Waals surface area contributed by atoms with Crippen LogP contribution >= 0.6 is 0 Å². The number of carbonyl (C=O) groups is 2. The van der Waals surface area contributed by atoms with Crippen molar-refractivity contribution in [1.82, 2.24) is 15.1 Å². The van der Waals surface area contributed by atoms with E-state index in [4.69, 9.17) is 5.11 Å². The summed E-state index contributed by atoms with van der Waals surface area (Å²) in [5, 5.41) is 15.0. The second kappa shape index (κ2) is 7.35. The van der Waals surface area contributed by atoms with Gasteiger partial charge < -0.3 is 10.4 Å². The quantitative estimate of drug-likeness (QED) is 0.816. The van der Waals surface area contributed by atoms with Crippen LogP contribution in [0.1, 0.15) is 12.5 Å². The monoisotopic (exact) mass is 315 g/mol. The first-order chi connectivity index (χ1) is 11.0. The molecule has 0 aliphatic carbocycles. The third kappa shape index (κ3) is 4.26. The molecule has 1 aromatic heterocycles. The topological polar surface area (TPSA) is 101 Å². The summed E-state index contributed by atoms with van der Waals surface area (Å²) in [5.41, 5.74) is 1.89. The van der Waals surface area contributed by atoms with Crippen LogP contribution < -0.4 is 10.9 Å². The maximum atomic E-state index is 12.1. The Balaban J connectivity index is 2.32. The summed E-state index contributed by atoms with van der Waals surface area (Å²) in [6.45, 7) is 1.11. The highest BCUT2D eigenvalue weighted by Crippen LogP contribution is 2.19. The molecule has 7 heteroatoms. The van der Waals surface area contributed by atoms with E-state index in [0.717, 1.165) is 15.8 Å². The Labute approximate surface area is 132 Å². The molecule has 1 amide bonds. The van der Waals surface area contributed by atoms with E-state index >= 15 is 0 Å². The average molecular weight is 315 g/mol. The van der Waals surface area contributed by atoms with Crippen LogP contribution in [0.15, 0.2) is 41.2 Å². The fourth-order valence-corrected chi connectivity index (χ4v) is 2.11. The fraction of sp³-hybridized carbons (Fsp3) is 0.250. The SMILES string of the molecule is CCc1cc(=O)n(CC(=O)NCC(=O)O)nc1-c1ccccc1. The van der Waals surface area contributed by atoms with Crippen molar-refractivity contribution >= 4 is 11.9 Å². The minimum atomic E-state index is -1.15. The maximum Gasteiger partial charge on any atom is 0.322 e. The number of aliphatic carboxylic acids is 1. The minimum Gasteiger partial charge on any atom is -0.480 e. The van der Waals surface area contributed by atoms with E-state index in [0.29, 0.717) is 12.1 Å². The standard InChI is InChI=1S/C16H17N3O4/c1-2-11-8-14(21)19(10-13(20)17-9-15(22)23)18-16(11)12-6-4-3-5-7-12/h3-8H,2,9-10H2,1H3,(H,17,20)(H,22,23). The number of carboxylic acid groups (broad SMARTS) is 1. The molecule has 1 aromatic carbocycles. The number of aryl methyl sites for hydroxylation is 1. The van der Waals surface area contributed by atoms with Gasteiger partial charge in [0.25, 0.3) is 5.56 Å². The Kier molecular flexibility index (Phi) is 5.24. The highest BCUT2D eigenvalue weighted by atomic mass is 16.4. The van der Waals surface area contributed by atoms with E-state index in [-0.39, 0.29) is 6.54 Å². The van der Waals surface area contributed by atoms with Crippen molar-refractivity contribution in [2.45, 2.75) is 19.9 Å². The molecule has 0 unspecified atom stereocenters. The molecule has 0 radical (unpaired) electrons. The van der Waals surface area contributed by atoms with E-state index in [1.807, 2.05) is 37.3 Å². The van der Waals surface area contributed by atoms with Crippen LogP contribution in [0.2, 0.25) is 0 Å². The smallest absolute Gasteiger partial charge is 0.322 e. The zero-order chi connectivity index (χ0) is 16.8. The Morgan fingerprint density at radius 1 is 1.26 bits per heavy atom. The lowest BCUT2D eigenvalue weighted by molar-refractivity contribution is -0.138. The van der Waals surface area contributed by atoms with E-state index in [2.05, 4.69) is 10.4 Å². The molecule has 0 saturated carbocycles. The number of benzene rings is 1. The van der Waals surface area contributed by atoms with Gasteiger partial charge in [-0.05, 0) is 12.0 Å². The van der Waals surface area contributed by atoms with Crippen molar-refractivity contribution in [3.63, 3.8) is 0 Å². The highest BCUT2D eigenvalue weighted by Gasteiger charge is 2.12. The zero-order valence-corrected chi connectivity index (χ0v) is 12.7. The summed E-state index contributed by atoms with van der Waals surface area (Å²) in [4.78, 5) is 34.2. The Morgan fingerprint density at radius 2 is 1.96 bits per heavy atom. The molecule has 0 aliphatic heterocycles. The molecule has 120 valence electrons. The normalized spacial score (nSPS) is 10.3. The van der Waals surface area contributed by atoms with Crippen LogP contribution in [0.25, 0.3) is 11.3 Å². The Bertz CT molecular complexity index is 769. The van der Waals surface area contributed by atoms with Gasteiger partial charge in [-0.25, -0.2) is 4.68 Å². The van der Waals surface area contributed by atoms with Gasteiger partial charge in [0, 0.05) is 11.6 Å². The lowest BCUT2D eigenvalue weighted by Gasteiger charge is -2.11. The summed E-state index contributed by atoms with van der Waals surface area (Å²) in [6, 6.07) is 10.8. The van der Waals surface area contributed by atoms with Crippen LogP contribution in [0.4, 0.5) is 0 Å². The lowest BCUT2D eigenvalue weighted by Crippen LogP contribution is -2.36. The van der Waals surface area contributed by atoms with E-state index in [1.54, 1.807) is 0 Å². The number of aromatic nitrogens is 2. The first-order valence-electron chi connectivity index (χ1n) is 7.16. The first-order valence-corrected chi connectivity index (χ1v) is 7.16. The third-order valence-corrected chi connectivity index (χ3v) is 3.24. The van der Waals surface area contributed by atoms with Crippen molar-refractivity contribution in [2.24, 2.45) is 0 Å². The van der Waals surface area contributed by atoms with Crippen molar-refractivity contribution < 1.29 is 14.7 Å². The van der Waals surface area contributed by atoms with Gasteiger partial charge in [-0.2, -0.15) is 5.10 Å². The molecule has 2 rings (SSSR count). The summed E-state index contributed by atoms with van der Waals surface area (Å²) >= 11 is 0. The van der Waals surface area contributed by atoms with Crippen molar-refractivity contribution in [3.8, 4) is 11.3 Å². The number of nitrogens with zero attached hydrogens (tertiary/aromatic N) is 2. The molecule has 2 N–H and O–H groups in total. The summed E-state index contributed by atoms with van der Waals surface area (Å²) in [5.74, 6) is -1.73. The molecular weight excluding hydrogens is 298 g/mol. The van der Waals surface area contributed by atoms with E-state index in [9.17, 15) is 14.4 Å². The van der Waals surface area contributed by atoms with Gasteiger partial charge in [-0.1, -0.05) is 37.3 Å². The predicted octanol–water partition coefficient (Wildman–Crippen LogP) is 0.674. The number of rotatable bonds is 6. The molecule has 0 bridgehead atoms. The molecule has 0 atom stereocenters. The van der Waals surface area contributed by atoms with Crippen LogP contribution in [0.3, 0.4) is 0 Å². The van der Waals surface area contributed by atoms with Crippen LogP contribution in [0.5, 0.6) is 0 Å². The minimum absolute atomic E-state index is 0.323. The summed E-state index contributed by atoms with van der Waals surface area (Å²) in [6.07, 6.45) is 0.637. The van der Waals surface area contributed by atoms with E-state index in [1.165, 1.54) is 6.07 Å². The molecule has 0 saturated heterocycles.